The molecular weight excluding hydrogens is 382 g/mol. The Morgan fingerprint density at radius 2 is 2.27 bits per heavy atom. The zero-order valence-electron chi connectivity index (χ0n) is 16.3. The fourth-order valence-corrected chi connectivity index (χ4v) is 3.21. The van der Waals surface area contributed by atoms with Gasteiger partial charge in [0.05, 0.1) is 25.3 Å². The van der Waals surface area contributed by atoms with E-state index in [0.717, 1.165) is 41.9 Å². The summed E-state index contributed by atoms with van der Waals surface area (Å²) >= 11 is 0. The van der Waals surface area contributed by atoms with Gasteiger partial charge in [-0.3, -0.25) is 14.6 Å². The summed E-state index contributed by atoms with van der Waals surface area (Å²) in [6.07, 6.45) is 4.22. The number of pyridine rings is 2. The molecular formula is C23H21N3O4. The first-order valence-corrected chi connectivity index (χ1v) is 9.75. The van der Waals surface area contributed by atoms with Crippen molar-refractivity contribution in [3.05, 3.63) is 70.3 Å². The molecule has 152 valence electrons. The van der Waals surface area contributed by atoms with Crippen molar-refractivity contribution in [1.29, 1.82) is 0 Å². The Balaban J connectivity index is 1.43. The second-order valence-corrected chi connectivity index (χ2v) is 6.98. The van der Waals surface area contributed by atoms with Gasteiger partial charge in [0.25, 0.3) is 11.5 Å². The third kappa shape index (κ3) is 4.67. The maximum atomic E-state index is 12.0. The molecule has 1 aromatic carbocycles. The highest BCUT2D eigenvalue weighted by Gasteiger charge is 2.16. The number of nitrogens with zero attached hydrogens (tertiary/aromatic N) is 1. The average Bonchev–Trinajstić information content (AvgIpc) is 3.29. The Morgan fingerprint density at radius 3 is 3.10 bits per heavy atom. The van der Waals surface area contributed by atoms with Crippen molar-refractivity contribution in [2.45, 2.75) is 6.42 Å². The topological polar surface area (TPSA) is 93.3 Å². The van der Waals surface area contributed by atoms with E-state index in [2.05, 4.69) is 27.1 Å². The third-order valence-corrected chi connectivity index (χ3v) is 4.83. The number of carbonyl (C=O) groups excluding carboxylic acids is 1. The van der Waals surface area contributed by atoms with Gasteiger partial charge >= 0.3 is 0 Å². The molecule has 3 heterocycles. The van der Waals surface area contributed by atoms with Gasteiger partial charge in [-0.25, -0.2) is 0 Å². The molecule has 1 fully saturated rings. The number of benzene rings is 1. The van der Waals surface area contributed by atoms with Crippen LogP contribution in [-0.4, -0.2) is 42.2 Å². The van der Waals surface area contributed by atoms with Gasteiger partial charge in [-0.05, 0) is 42.8 Å². The van der Waals surface area contributed by atoms with Gasteiger partial charge in [0.15, 0.2) is 0 Å². The van der Waals surface area contributed by atoms with Gasteiger partial charge in [0.1, 0.15) is 11.3 Å². The molecule has 2 aromatic heterocycles. The maximum Gasteiger partial charge on any atom is 0.260 e. The van der Waals surface area contributed by atoms with Crippen LogP contribution in [0.3, 0.4) is 0 Å². The monoisotopic (exact) mass is 403 g/mol. The zero-order chi connectivity index (χ0) is 20.8. The lowest BCUT2D eigenvalue weighted by Gasteiger charge is -2.12. The Kier molecular flexibility index (Phi) is 6.06. The van der Waals surface area contributed by atoms with E-state index in [-0.39, 0.29) is 12.1 Å². The smallest absolute Gasteiger partial charge is 0.260 e. The van der Waals surface area contributed by atoms with E-state index in [0.29, 0.717) is 12.5 Å². The van der Waals surface area contributed by atoms with E-state index in [4.69, 9.17) is 9.47 Å². The molecule has 0 saturated carbocycles. The molecule has 7 nitrogen and oxygen atoms in total. The summed E-state index contributed by atoms with van der Waals surface area (Å²) in [5.41, 5.74) is 1.25. The van der Waals surface area contributed by atoms with Gasteiger partial charge in [-0.1, -0.05) is 11.8 Å². The summed E-state index contributed by atoms with van der Waals surface area (Å²) < 4.78 is 11.4. The van der Waals surface area contributed by atoms with Crippen LogP contribution in [0, 0.1) is 17.8 Å². The third-order valence-electron chi connectivity index (χ3n) is 4.83. The summed E-state index contributed by atoms with van der Waals surface area (Å²) in [5.74, 6) is 6.67. The van der Waals surface area contributed by atoms with E-state index in [1.54, 1.807) is 12.3 Å². The van der Waals surface area contributed by atoms with Crippen LogP contribution in [0.2, 0.25) is 0 Å². The van der Waals surface area contributed by atoms with Gasteiger partial charge in [0, 0.05) is 35.9 Å². The summed E-state index contributed by atoms with van der Waals surface area (Å²) in [6, 6.07) is 10.6. The van der Waals surface area contributed by atoms with Crippen molar-refractivity contribution >= 4 is 16.8 Å². The van der Waals surface area contributed by atoms with Crippen LogP contribution in [0.5, 0.6) is 5.75 Å². The molecule has 1 amide bonds. The number of H-pyrrole nitrogens is 1. The number of carbonyl (C=O) groups is 1. The Morgan fingerprint density at radius 1 is 1.33 bits per heavy atom. The molecule has 30 heavy (non-hydrogen) atoms. The van der Waals surface area contributed by atoms with Crippen LogP contribution in [0.1, 0.15) is 22.3 Å². The largest absolute Gasteiger partial charge is 0.492 e. The number of rotatable bonds is 5. The summed E-state index contributed by atoms with van der Waals surface area (Å²) in [6.45, 7) is 2.27. The minimum absolute atomic E-state index is 0.0607. The lowest BCUT2D eigenvalue weighted by Crippen LogP contribution is -2.29. The van der Waals surface area contributed by atoms with E-state index >= 15 is 0 Å². The van der Waals surface area contributed by atoms with Crippen LogP contribution in [0.15, 0.2) is 53.6 Å². The van der Waals surface area contributed by atoms with Crippen LogP contribution >= 0.6 is 0 Å². The highest BCUT2D eigenvalue weighted by Crippen LogP contribution is 2.26. The first-order chi connectivity index (χ1) is 14.7. The highest BCUT2D eigenvalue weighted by atomic mass is 16.5. The molecule has 0 spiro atoms. The lowest BCUT2D eigenvalue weighted by molar-refractivity contribution is 0.0957. The number of fused-ring (bicyclic) bond motifs is 1. The second kappa shape index (κ2) is 9.25. The molecule has 1 unspecified atom stereocenters. The lowest BCUT2D eigenvalue weighted by atomic mass is 10.1. The van der Waals surface area contributed by atoms with E-state index in [1.807, 2.05) is 24.3 Å². The number of hydrogen-bond donors (Lipinski definition) is 2. The molecule has 7 heteroatoms. The molecule has 0 aliphatic carbocycles. The maximum absolute atomic E-state index is 12.0. The Hall–Kier alpha value is -3.63. The number of hydrogen-bond acceptors (Lipinski definition) is 5. The summed E-state index contributed by atoms with van der Waals surface area (Å²) in [5, 5.41) is 3.52. The molecule has 4 rings (SSSR count). The molecule has 1 atom stereocenters. The highest BCUT2D eigenvalue weighted by molar-refractivity contribution is 5.93. The number of amides is 1. The van der Waals surface area contributed by atoms with Crippen LogP contribution < -0.4 is 15.6 Å². The fourth-order valence-electron chi connectivity index (χ4n) is 3.21. The van der Waals surface area contributed by atoms with E-state index in [1.165, 1.54) is 12.3 Å². The van der Waals surface area contributed by atoms with Gasteiger partial charge in [-0.2, -0.15) is 0 Å². The molecule has 1 aliphatic heterocycles. The van der Waals surface area contributed by atoms with Crippen LogP contribution in [-0.2, 0) is 4.74 Å². The number of aromatic amines is 1. The first kappa shape index (κ1) is 19.7. The molecule has 1 saturated heterocycles. The van der Waals surface area contributed by atoms with E-state index < -0.39 is 11.5 Å². The first-order valence-electron chi connectivity index (χ1n) is 9.75. The minimum Gasteiger partial charge on any atom is -0.492 e. The molecule has 2 N–H and O–H groups in total. The quantitative estimate of drug-likeness (QED) is 0.637. The number of ether oxygens (including phenoxy) is 2. The van der Waals surface area contributed by atoms with Crippen molar-refractivity contribution in [1.82, 2.24) is 15.3 Å². The standard InChI is InChI=1S/C23H21N3O4/c27-22(18-4-2-10-26-23(18)28)25-9-1-3-16-5-6-20-19(13-16)21(7-11-24-20)30-15-17-8-12-29-14-17/h2,4-7,10-11,13,17H,8-9,12,14-15H2,(H,25,27)(H,26,28). The van der Waals surface area contributed by atoms with Gasteiger partial charge in [-0.15, -0.1) is 0 Å². The van der Waals surface area contributed by atoms with Crippen molar-refractivity contribution < 1.29 is 14.3 Å². The second-order valence-electron chi connectivity index (χ2n) is 6.98. The average molecular weight is 403 g/mol. The van der Waals surface area contributed by atoms with Crippen molar-refractivity contribution in [3.63, 3.8) is 0 Å². The molecule has 3 aromatic rings. The predicted octanol–water partition coefficient (Wildman–Crippen LogP) is 2.12. The summed E-state index contributed by atoms with van der Waals surface area (Å²) in [4.78, 5) is 30.5. The number of aromatic nitrogens is 2. The molecule has 1 aliphatic rings. The van der Waals surface area contributed by atoms with Gasteiger partial charge in [0.2, 0.25) is 0 Å². The van der Waals surface area contributed by atoms with Crippen LogP contribution in [0.25, 0.3) is 10.9 Å². The van der Waals surface area contributed by atoms with Gasteiger partial charge < -0.3 is 19.8 Å². The van der Waals surface area contributed by atoms with Crippen molar-refractivity contribution in [3.8, 4) is 17.6 Å². The predicted molar refractivity (Wildman–Crippen MR) is 112 cm³/mol. The summed E-state index contributed by atoms with van der Waals surface area (Å²) in [7, 11) is 0. The van der Waals surface area contributed by atoms with Crippen LogP contribution in [0.4, 0.5) is 0 Å². The van der Waals surface area contributed by atoms with Crippen molar-refractivity contribution in [2.75, 3.05) is 26.4 Å². The van der Waals surface area contributed by atoms with Crippen molar-refractivity contribution in [2.24, 2.45) is 5.92 Å². The molecule has 0 bridgehead atoms. The fraction of sp³-hybridized carbons (Fsp3) is 0.261. The Bertz CT molecular complexity index is 1170. The van der Waals surface area contributed by atoms with E-state index in [9.17, 15) is 9.59 Å². The normalized spacial score (nSPS) is 15.4. The molecule has 0 radical (unpaired) electrons. The number of nitrogens with one attached hydrogen (secondary N) is 2. The SMILES string of the molecule is O=C(NCC#Cc1ccc2nccc(OCC3CCOC3)c2c1)c1ccc[nH]c1=O. The Labute approximate surface area is 173 Å². The zero-order valence-corrected chi connectivity index (χ0v) is 16.3. The minimum atomic E-state index is -0.458.